The molecule has 7 heterocycles. The predicted molar refractivity (Wildman–Crippen MR) is 300 cm³/mol. The van der Waals surface area contributed by atoms with Gasteiger partial charge in [0.25, 0.3) is 5.91 Å². The van der Waals surface area contributed by atoms with Crippen molar-refractivity contribution in [3.05, 3.63) is 71.5 Å². The van der Waals surface area contributed by atoms with Gasteiger partial charge in [-0.3, -0.25) is 34.0 Å². The van der Waals surface area contributed by atoms with Gasteiger partial charge >= 0.3 is 5.97 Å². The lowest BCUT2D eigenvalue weighted by Gasteiger charge is -2.37. The number of cyclic esters (lactones) is 1. The van der Waals surface area contributed by atoms with Crippen molar-refractivity contribution in [2.24, 2.45) is 22.7 Å². The van der Waals surface area contributed by atoms with E-state index in [2.05, 4.69) is 74.2 Å². The van der Waals surface area contributed by atoms with Crippen molar-refractivity contribution in [1.82, 2.24) is 39.4 Å². The number of pyridine rings is 1. The highest BCUT2D eigenvalue weighted by Crippen LogP contribution is 2.52. The molecule has 7 aliphatic rings. The van der Waals surface area contributed by atoms with E-state index in [0.29, 0.717) is 69.8 Å². The van der Waals surface area contributed by atoms with Gasteiger partial charge in [0.05, 0.1) is 29.5 Å². The second kappa shape index (κ2) is 20.9. The van der Waals surface area contributed by atoms with Crippen LogP contribution in [0.2, 0.25) is 0 Å². The zero-order chi connectivity index (χ0) is 55.2. The third-order valence-electron chi connectivity index (χ3n) is 18.0. The highest BCUT2D eigenvalue weighted by Gasteiger charge is 2.69. The molecule has 2 saturated carbocycles. The smallest absolute Gasteiger partial charge is 0.324 e. The van der Waals surface area contributed by atoms with Gasteiger partial charge < -0.3 is 34.1 Å². The summed E-state index contributed by atoms with van der Waals surface area (Å²) in [7, 11) is 0. The Kier molecular flexibility index (Phi) is 14.6. The first-order chi connectivity index (χ1) is 37.2. The molecule has 4 amide bonds. The molecule has 4 aromatic rings. The van der Waals surface area contributed by atoms with Crippen molar-refractivity contribution in [2.45, 2.75) is 180 Å². The van der Waals surface area contributed by atoms with Crippen LogP contribution in [0.25, 0.3) is 33.3 Å². The summed E-state index contributed by atoms with van der Waals surface area (Å²) in [6.07, 6.45) is 9.80. The molecular formula is C61H80N8O8S. The van der Waals surface area contributed by atoms with Crippen LogP contribution in [-0.2, 0) is 59.5 Å². The molecule has 5 aliphatic heterocycles. The monoisotopic (exact) mass is 1080 g/mol. The molecule has 16 nitrogen and oxygen atoms in total. The molecule has 6 fully saturated rings. The largest absolute Gasteiger partial charge is 0.597 e. The number of likely N-dealkylation sites (tertiary alicyclic amines) is 2. The van der Waals surface area contributed by atoms with Gasteiger partial charge in [-0.05, 0) is 162 Å². The molecule has 4 saturated heterocycles. The van der Waals surface area contributed by atoms with Crippen LogP contribution in [0.1, 0.15) is 142 Å². The average molecular weight is 1090 g/mol. The molecule has 6 bridgehead atoms. The van der Waals surface area contributed by atoms with Crippen LogP contribution in [0, 0.1) is 22.7 Å². The number of benzene rings is 2. The first-order valence-corrected chi connectivity index (χ1v) is 30.1. The lowest BCUT2D eigenvalue weighted by molar-refractivity contribution is -0.155. The summed E-state index contributed by atoms with van der Waals surface area (Å²) in [5, 5.41) is 17.2. The minimum atomic E-state index is -1.33. The molecule has 78 heavy (non-hydrogen) atoms. The number of carbonyl (C=O) groups is 5. The van der Waals surface area contributed by atoms with Crippen molar-refractivity contribution in [3.8, 4) is 28.1 Å². The lowest BCUT2D eigenvalue weighted by atomic mass is 9.83. The van der Waals surface area contributed by atoms with Gasteiger partial charge in [0, 0.05) is 78.6 Å². The summed E-state index contributed by atoms with van der Waals surface area (Å²) in [5.74, 6) is -1.09. The van der Waals surface area contributed by atoms with Gasteiger partial charge in [-0.15, -0.1) is 4.31 Å². The average Bonchev–Trinajstić information content (AvgIpc) is 4.37. The first-order valence-electron chi connectivity index (χ1n) is 29.0. The number of nitrogens with zero attached hydrogens (tertiary/aromatic N) is 6. The molecular weight excluding hydrogens is 1000 g/mol. The number of aromatic hydroxyl groups is 1. The van der Waals surface area contributed by atoms with E-state index < -0.39 is 68.9 Å². The molecule has 1 spiro atoms. The standard InChI is InChI=1S/C61H80N8O8S/c1-9-66-48-21-20-40-32-44(48)45(52(66)43-16-12-24-62-49(43)36(2)3)33-60(7,8)35-77-57(74)46-17-13-25-68(64-46)55(72)47(30-37-28-41(40)31-42(70)29-37)63-54(71)51(38-14-10-11-15-38)67-27-23-61(58(67)75)22-26-65(34-61)56(73)53-50(39-18-19-39)69(53)78(76)59(4,5)6/h12,16,20-21,24,28-29,31-32,36,38-39,46-47,50-51,53,64,70H,9-11,13-15,17-19,22-23,25-27,30,33-35H2,1-8H3,(H,63,71)/t46-,47-,50+,51-,53+,61-,69?,78?/m0/s1. The summed E-state index contributed by atoms with van der Waals surface area (Å²) >= 11 is -1.33. The molecule has 2 aliphatic carbocycles. The Labute approximate surface area is 462 Å². The molecule has 11 rings (SSSR count). The maximum Gasteiger partial charge on any atom is 0.324 e. The van der Waals surface area contributed by atoms with Crippen molar-refractivity contribution in [3.63, 3.8) is 0 Å². The van der Waals surface area contributed by atoms with E-state index in [1.165, 1.54) is 5.01 Å². The fourth-order valence-electron chi connectivity index (χ4n) is 13.9. The van der Waals surface area contributed by atoms with Crippen LogP contribution < -0.4 is 10.7 Å². The maximum atomic E-state index is 15.3. The predicted octanol–water partition coefficient (Wildman–Crippen LogP) is 7.80. The Hall–Kier alpha value is -5.49. The lowest BCUT2D eigenvalue weighted by Crippen LogP contribution is -2.62. The number of nitrogens with one attached hydrogen (secondary N) is 2. The number of hydrogen-bond donors (Lipinski definition) is 3. The minimum absolute atomic E-state index is 0.0133. The van der Waals surface area contributed by atoms with E-state index in [0.717, 1.165) is 83.1 Å². The number of hydrazine groups is 1. The normalized spacial score (nSPS) is 27.6. The van der Waals surface area contributed by atoms with Gasteiger partial charge in [-0.2, -0.15) is 0 Å². The number of phenolic OH excluding ortho intramolecular Hbond substituents is 1. The number of rotatable bonds is 10. The Balaban J connectivity index is 0.915. The minimum Gasteiger partial charge on any atom is -0.597 e. The van der Waals surface area contributed by atoms with Crippen LogP contribution >= 0.6 is 0 Å². The zero-order valence-electron chi connectivity index (χ0n) is 46.9. The number of esters is 1. The number of fused-ring (bicyclic) bond motifs is 6. The SMILES string of the molecule is CCn1c(-c2cccnc2C(C)C)c2c3cc(ccc31)-c1cc(O)cc(c1)C[C@H](NC(=O)[C@H](C1CCCC1)N1CC[C@]3(CCN(C(=O)[C@H]4[C@@H](C5CC5)N4[S+]([O-])C(C)(C)C)C3)C1=O)C(=O)N1CCC[C@H](N1)C(=O)OCC(C)(C)C2. The van der Waals surface area contributed by atoms with E-state index >= 15 is 14.4 Å². The van der Waals surface area contributed by atoms with E-state index in [1.54, 1.807) is 17.0 Å². The van der Waals surface area contributed by atoms with Gasteiger partial charge in [0.1, 0.15) is 28.6 Å². The third kappa shape index (κ3) is 10.2. The number of ether oxygens (including phenoxy) is 1. The number of phenols is 1. The number of aromatic nitrogens is 2. The number of amides is 4. The van der Waals surface area contributed by atoms with Crippen molar-refractivity contribution in [2.75, 3.05) is 32.8 Å². The second-order valence-electron chi connectivity index (χ2n) is 25.8. The number of aryl methyl sites for hydroxylation is 1. The van der Waals surface area contributed by atoms with E-state index in [1.807, 2.05) is 48.3 Å². The van der Waals surface area contributed by atoms with E-state index in [-0.39, 0.29) is 55.0 Å². The third-order valence-corrected chi connectivity index (χ3v) is 19.9. The topological polar surface area (TPSA) is 192 Å². The molecule has 2 aromatic carbocycles. The summed E-state index contributed by atoms with van der Waals surface area (Å²) in [4.78, 5) is 82.5. The van der Waals surface area contributed by atoms with Crippen LogP contribution in [0.4, 0.5) is 0 Å². The molecule has 8 atom stereocenters. The zero-order valence-corrected chi connectivity index (χ0v) is 47.8. The Morgan fingerprint density at radius 2 is 1.72 bits per heavy atom. The highest BCUT2D eigenvalue weighted by molar-refractivity contribution is 7.90. The van der Waals surface area contributed by atoms with Gasteiger partial charge in [-0.25, -0.2) is 5.43 Å². The van der Waals surface area contributed by atoms with Crippen LogP contribution in [0.15, 0.2) is 54.7 Å². The summed E-state index contributed by atoms with van der Waals surface area (Å²) < 4.78 is 23.6. The first kappa shape index (κ1) is 54.5. The van der Waals surface area contributed by atoms with Gasteiger partial charge in [0.2, 0.25) is 17.7 Å². The fraction of sp³-hybridized carbons (Fsp3) is 0.607. The van der Waals surface area contributed by atoms with Gasteiger partial charge in [0.15, 0.2) is 6.04 Å². The molecule has 2 unspecified atom stereocenters. The fourth-order valence-corrected chi connectivity index (χ4v) is 15.4. The quantitative estimate of drug-likeness (QED) is 0.0798. The summed E-state index contributed by atoms with van der Waals surface area (Å²) in [6, 6.07) is 12.5. The van der Waals surface area contributed by atoms with Crippen molar-refractivity contribution < 1.29 is 38.4 Å². The van der Waals surface area contributed by atoms with Crippen LogP contribution in [0.5, 0.6) is 5.75 Å². The van der Waals surface area contributed by atoms with Crippen molar-refractivity contribution >= 4 is 51.9 Å². The Morgan fingerprint density at radius 3 is 2.44 bits per heavy atom. The summed E-state index contributed by atoms with van der Waals surface area (Å²) in [6.45, 7) is 18.6. The van der Waals surface area contributed by atoms with Gasteiger partial charge in [-0.1, -0.05) is 52.7 Å². The molecule has 0 radical (unpaired) electrons. The van der Waals surface area contributed by atoms with Crippen LogP contribution in [0.3, 0.4) is 0 Å². The summed E-state index contributed by atoms with van der Waals surface area (Å²) in [5.41, 5.74) is 9.36. The molecule has 3 N–H and O–H groups in total. The van der Waals surface area contributed by atoms with E-state index in [4.69, 9.17) is 9.72 Å². The van der Waals surface area contributed by atoms with E-state index in [9.17, 15) is 19.2 Å². The maximum absolute atomic E-state index is 15.3. The Bertz CT molecular complexity index is 3010. The highest BCUT2D eigenvalue weighted by atomic mass is 32.2. The Morgan fingerprint density at radius 1 is 0.962 bits per heavy atom. The van der Waals surface area contributed by atoms with Crippen LogP contribution in [-0.4, -0.2) is 136 Å². The molecule has 2 aromatic heterocycles. The number of hydrogen-bond acceptors (Lipinski definition) is 11. The molecule has 418 valence electrons. The number of carbonyl (C=O) groups excluding carboxylic acids is 5. The second-order valence-corrected chi connectivity index (χ2v) is 28.0. The molecule has 17 heteroatoms. The van der Waals surface area contributed by atoms with Crippen molar-refractivity contribution in [1.29, 1.82) is 0 Å².